The summed E-state index contributed by atoms with van der Waals surface area (Å²) in [6, 6.07) is 0. The van der Waals surface area contributed by atoms with Gasteiger partial charge in [-0.15, -0.1) is 0 Å². The first-order valence-corrected chi connectivity index (χ1v) is 5.42. The van der Waals surface area contributed by atoms with Gasteiger partial charge in [0.25, 0.3) is 0 Å². The van der Waals surface area contributed by atoms with Gasteiger partial charge < -0.3 is 4.74 Å². The van der Waals surface area contributed by atoms with Gasteiger partial charge in [-0.25, -0.2) is 8.78 Å². The van der Waals surface area contributed by atoms with Crippen molar-refractivity contribution in [2.24, 2.45) is 5.92 Å². The molecule has 0 aliphatic heterocycles. The fourth-order valence-corrected chi connectivity index (χ4v) is 0.948. The monoisotopic (exact) mass is 230 g/mol. The molecule has 0 rings (SSSR count). The van der Waals surface area contributed by atoms with E-state index in [4.69, 9.17) is 4.74 Å². The third-order valence-electron chi connectivity index (χ3n) is 2.49. The number of ether oxygens (including phenoxy) is 1. The molecule has 0 saturated heterocycles. The lowest BCUT2D eigenvalue weighted by atomic mass is 10.1. The maximum atomic E-state index is 13.3. The second-order valence-corrected chi connectivity index (χ2v) is 3.88. The molecule has 0 radical (unpaired) electrons. The smallest absolute Gasteiger partial charge is 0.163 e. The zero-order valence-electron chi connectivity index (χ0n) is 10.2. The molecule has 0 saturated carbocycles. The van der Waals surface area contributed by atoms with Crippen LogP contribution in [0.15, 0.2) is 36.5 Å². The summed E-state index contributed by atoms with van der Waals surface area (Å²) in [5.41, 5.74) is 0.0145. The average Bonchev–Trinajstić information content (AvgIpc) is 2.32. The largest absolute Gasteiger partial charge is 0.373 e. The molecule has 1 nitrogen and oxygen atoms in total. The molecule has 0 aliphatic carbocycles. The van der Waals surface area contributed by atoms with Gasteiger partial charge in [-0.3, -0.25) is 0 Å². The van der Waals surface area contributed by atoms with E-state index in [0.717, 1.165) is 12.5 Å². The van der Waals surface area contributed by atoms with Crippen molar-refractivity contribution in [3.63, 3.8) is 0 Å². The van der Waals surface area contributed by atoms with Gasteiger partial charge in [-0.05, 0) is 18.9 Å². The minimum Gasteiger partial charge on any atom is -0.373 e. The number of hydrogen-bond acceptors (Lipinski definition) is 1. The van der Waals surface area contributed by atoms with Crippen LogP contribution in [0.2, 0.25) is 0 Å². The number of hydrogen-bond donors (Lipinski definition) is 0. The molecule has 2 unspecified atom stereocenters. The van der Waals surface area contributed by atoms with E-state index in [1.165, 1.54) is 0 Å². The van der Waals surface area contributed by atoms with Gasteiger partial charge in [0.05, 0.1) is 6.10 Å². The van der Waals surface area contributed by atoms with E-state index in [0.29, 0.717) is 12.5 Å². The van der Waals surface area contributed by atoms with E-state index < -0.39 is 17.8 Å². The van der Waals surface area contributed by atoms with Crippen molar-refractivity contribution in [1.29, 1.82) is 0 Å². The molecule has 2 atom stereocenters. The van der Waals surface area contributed by atoms with Crippen LogP contribution in [0.4, 0.5) is 8.78 Å². The summed E-state index contributed by atoms with van der Waals surface area (Å²) in [4.78, 5) is 0. The first kappa shape index (κ1) is 15.0. The Labute approximate surface area is 96.5 Å². The molecule has 0 fully saturated rings. The molecule has 3 heteroatoms. The molecule has 0 amide bonds. The highest BCUT2D eigenvalue weighted by Crippen LogP contribution is 2.22. The van der Waals surface area contributed by atoms with Crippen LogP contribution in [-0.2, 0) is 4.74 Å². The van der Waals surface area contributed by atoms with Crippen molar-refractivity contribution in [2.45, 2.75) is 33.3 Å². The van der Waals surface area contributed by atoms with Gasteiger partial charge in [-0.2, -0.15) is 0 Å². The summed E-state index contributed by atoms with van der Waals surface area (Å²) in [7, 11) is 0. The van der Waals surface area contributed by atoms with Crippen molar-refractivity contribution < 1.29 is 13.5 Å². The van der Waals surface area contributed by atoms with Crippen molar-refractivity contribution >= 4 is 0 Å². The van der Waals surface area contributed by atoms with Crippen LogP contribution in [-0.4, -0.2) is 12.7 Å². The van der Waals surface area contributed by atoms with Gasteiger partial charge in [0.15, 0.2) is 11.7 Å². The van der Waals surface area contributed by atoms with Crippen LogP contribution >= 0.6 is 0 Å². The van der Waals surface area contributed by atoms with Gasteiger partial charge in [0.2, 0.25) is 0 Å². The Hall–Kier alpha value is -0.960. The second-order valence-electron chi connectivity index (χ2n) is 3.88. The Morgan fingerprint density at radius 2 is 1.94 bits per heavy atom. The highest BCUT2D eigenvalue weighted by atomic mass is 19.2. The molecule has 0 aromatic heterocycles. The maximum Gasteiger partial charge on any atom is 0.163 e. The lowest BCUT2D eigenvalue weighted by Gasteiger charge is -2.17. The average molecular weight is 230 g/mol. The van der Waals surface area contributed by atoms with Crippen molar-refractivity contribution in [1.82, 2.24) is 0 Å². The Bertz CT molecular complexity index is 282. The summed E-state index contributed by atoms with van der Waals surface area (Å²) in [5.74, 6) is -1.58. The highest BCUT2D eigenvalue weighted by Gasteiger charge is 2.15. The van der Waals surface area contributed by atoms with Crippen LogP contribution in [0, 0.1) is 5.92 Å². The molecule has 92 valence electrons. The van der Waals surface area contributed by atoms with Gasteiger partial charge in [0, 0.05) is 12.2 Å². The molecule has 16 heavy (non-hydrogen) atoms. The predicted molar refractivity (Wildman–Crippen MR) is 63.4 cm³/mol. The minimum absolute atomic E-state index is 0.0145. The summed E-state index contributed by atoms with van der Waals surface area (Å²) in [6.45, 7) is 12.9. The van der Waals surface area contributed by atoms with E-state index in [-0.39, 0.29) is 5.57 Å². The maximum absolute atomic E-state index is 13.3. The topological polar surface area (TPSA) is 9.23 Å². The van der Waals surface area contributed by atoms with Crippen LogP contribution < -0.4 is 0 Å². The van der Waals surface area contributed by atoms with Gasteiger partial charge in [0.1, 0.15) is 0 Å². The number of rotatable bonds is 7. The second kappa shape index (κ2) is 7.34. The summed E-state index contributed by atoms with van der Waals surface area (Å²) < 4.78 is 31.6. The number of halogens is 2. The molecule has 0 aliphatic rings. The van der Waals surface area contributed by atoms with E-state index in [9.17, 15) is 8.78 Å². The predicted octanol–water partition coefficient (Wildman–Crippen LogP) is 4.33. The summed E-state index contributed by atoms with van der Waals surface area (Å²) in [5, 5.41) is 0. The Morgan fingerprint density at radius 1 is 1.38 bits per heavy atom. The third-order valence-corrected chi connectivity index (χ3v) is 2.49. The zero-order chi connectivity index (χ0) is 12.7. The third kappa shape index (κ3) is 4.71. The molecular formula is C13H20F2O. The molecule has 0 aromatic rings. The fourth-order valence-electron chi connectivity index (χ4n) is 0.948. The molecule has 0 spiro atoms. The van der Waals surface area contributed by atoms with Crippen LogP contribution in [0.3, 0.4) is 0 Å². The zero-order valence-corrected chi connectivity index (χ0v) is 10.2. The van der Waals surface area contributed by atoms with Gasteiger partial charge in [-0.1, -0.05) is 33.4 Å². The standard InChI is InChI=1S/C13H20F2O/c1-6-9(3)8-16-11(5)10(4)13(15)12(14)7-2/h7,9,11H,2,4,6,8H2,1,3,5H3/b13-12-. The molecule has 0 heterocycles. The summed E-state index contributed by atoms with van der Waals surface area (Å²) in [6.07, 6.45) is 1.28. The quantitative estimate of drug-likeness (QED) is 0.591. The molecule has 0 N–H and O–H groups in total. The highest BCUT2D eigenvalue weighted by molar-refractivity contribution is 5.31. The lowest BCUT2D eigenvalue weighted by Crippen LogP contribution is -2.16. The summed E-state index contributed by atoms with van der Waals surface area (Å²) >= 11 is 0. The SMILES string of the molecule is C=C/C(F)=C(/F)C(=C)C(C)OCC(C)CC. The van der Waals surface area contributed by atoms with Crippen LogP contribution in [0.25, 0.3) is 0 Å². The van der Waals surface area contributed by atoms with Crippen LogP contribution in [0.5, 0.6) is 0 Å². The van der Waals surface area contributed by atoms with Crippen molar-refractivity contribution in [3.05, 3.63) is 36.5 Å². The Kier molecular flexibility index (Phi) is 6.90. The molecule has 0 bridgehead atoms. The van der Waals surface area contributed by atoms with E-state index >= 15 is 0 Å². The first-order valence-electron chi connectivity index (χ1n) is 5.42. The fraction of sp³-hybridized carbons (Fsp3) is 0.538. The van der Waals surface area contributed by atoms with Gasteiger partial charge >= 0.3 is 0 Å². The van der Waals surface area contributed by atoms with E-state index in [2.05, 4.69) is 13.2 Å². The minimum atomic E-state index is -0.996. The lowest BCUT2D eigenvalue weighted by molar-refractivity contribution is 0.0640. The number of allylic oxidation sites excluding steroid dienone is 2. The van der Waals surface area contributed by atoms with Crippen molar-refractivity contribution in [2.75, 3.05) is 6.61 Å². The Balaban J connectivity index is 4.35. The Morgan fingerprint density at radius 3 is 2.38 bits per heavy atom. The van der Waals surface area contributed by atoms with E-state index in [1.54, 1.807) is 6.92 Å². The van der Waals surface area contributed by atoms with Crippen molar-refractivity contribution in [3.8, 4) is 0 Å². The van der Waals surface area contributed by atoms with Crippen LogP contribution in [0.1, 0.15) is 27.2 Å². The normalized spacial score (nSPS) is 16.3. The molecular weight excluding hydrogens is 210 g/mol. The molecule has 0 aromatic carbocycles. The first-order chi connectivity index (χ1) is 7.43. The van der Waals surface area contributed by atoms with E-state index in [1.807, 2.05) is 13.8 Å².